The Morgan fingerprint density at radius 3 is 2.81 bits per heavy atom. The van der Waals surface area contributed by atoms with Gasteiger partial charge in [0.25, 0.3) is 0 Å². The zero-order chi connectivity index (χ0) is 12.1. The number of carbonyl (C=O) groups is 1. The molecule has 0 aromatic carbocycles. The maximum atomic E-state index is 10.7. The number of carboxylic acid groups (broad SMARTS) is 1. The van der Waals surface area contributed by atoms with Gasteiger partial charge in [-0.3, -0.25) is 9.78 Å². The van der Waals surface area contributed by atoms with Crippen molar-refractivity contribution in [3.63, 3.8) is 0 Å². The molecule has 1 atom stereocenters. The van der Waals surface area contributed by atoms with Gasteiger partial charge in [0.05, 0.1) is 5.92 Å². The number of rotatable bonds is 5. The maximum Gasteiger partial charge on any atom is 0.307 e. The van der Waals surface area contributed by atoms with E-state index in [0.29, 0.717) is 6.54 Å². The van der Waals surface area contributed by atoms with Crippen LogP contribution in [-0.2, 0) is 11.3 Å². The first kappa shape index (κ1) is 12.6. The van der Waals surface area contributed by atoms with Gasteiger partial charge in [0, 0.05) is 25.5 Å². The number of aromatic nitrogens is 1. The van der Waals surface area contributed by atoms with E-state index in [2.05, 4.69) is 11.1 Å². The minimum atomic E-state index is -0.755. The normalized spacial score (nSPS) is 12.8. The molecule has 4 heteroatoms. The molecular weight excluding hydrogens is 204 g/mol. The predicted octanol–water partition coefficient (Wildman–Crippen LogP) is 1.54. The summed E-state index contributed by atoms with van der Waals surface area (Å²) in [6.45, 7) is 4.99. The van der Waals surface area contributed by atoms with E-state index in [-0.39, 0.29) is 5.92 Å². The van der Waals surface area contributed by atoms with Crippen molar-refractivity contribution in [3.05, 3.63) is 29.6 Å². The Hall–Kier alpha value is -1.42. The SMILES string of the molecule is Cc1cncc(CN(C)CC(C)C(=O)O)c1. The van der Waals surface area contributed by atoms with Crippen LogP contribution in [0.1, 0.15) is 18.1 Å². The molecule has 0 fully saturated rings. The molecule has 88 valence electrons. The van der Waals surface area contributed by atoms with Crippen LogP contribution in [0.15, 0.2) is 18.5 Å². The quantitative estimate of drug-likeness (QED) is 0.821. The van der Waals surface area contributed by atoms with Gasteiger partial charge in [0.2, 0.25) is 0 Å². The second-order valence-electron chi connectivity index (χ2n) is 4.31. The van der Waals surface area contributed by atoms with Crippen LogP contribution in [0.3, 0.4) is 0 Å². The molecule has 0 bridgehead atoms. The standard InChI is InChI=1S/C12H18N2O2/c1-9-4-11(6-13-5-9)8-14(3)7-10(2)12(15)16/h4-6,10H,7-8H2,1-3H3,(H,15,16). The number of nitrogens with zero attached hydrogens (tertiary/aromatic N) is 2. The first-order chi connectivity index (χ1) is 7.49. The molecule has 16 heavy (non-hydrogen) atoms. The van der Waals surface area contributed by atoms with Gasteiger partial charge in [-0.05, 0) is 25.1 Å². The molecule has 1 aromatic heterocycles. The molecule has 0 saturated heterocycles. The first-order valence-electron chi connectivity index (χ1n) is 5.31. The van der Waals surface area contributed by atoms with Crippen molar-refractivity contribution < 1.29 is 9.90 Å². The third kappa shape index (κ3) is 3.98. The van der Waals surface area contributed by atoms with Crippen LogP contribution < -0.4 is 0 Å². The van der Waals surface area contributed by atoms with Gasteiger partial charge in [-0.25, -0.2) is 0 Å². The molecule has 0 aliphatic carbocycles. The number of hydrogen-bond donors (Lipinski definition) is 1. The van der Waals surface area contributed by atoms with E-state index >= 15 is 0 Å². The summed E-state index contributed by atoms with van der Waals surface area (Å²) in [6.07, 6.45) is 3.62. The summed E-state index contributed by atoms with van der Waals surface area (Å²) < 4.78 is 0. The van der Waals surface area contributed by atoms with Crippen LogP contribution in [0.4, 0.5) is 0 Å². The van der Waals surface area contributed by atoms with Gasteiger partial charge in [0.15, 0.2) is 0 Å². The van der Waals surface area contributed by atoms with Crippen LogP contribution in [0.5, 0.6) is 0 Å². The number of hydrogen-bond acceptors (Lipinski definition) is 3. The van der Waals surface area contributed by atoms with Crippen LogP contribution >= 0.6 is 0 Å². The van der Waals surface area contributed by atoms with E-state index in [9.17, 15) is 4.79 Å². The Bertz CT molecular complexity index is 366. The van der Waals surface area contributed by atoms with E-state index in [0.717, 1.165) is 17.7 Å². The lowest BCUT2D eigenvalue weighted by molar-refractivity contribution is -0.141. The lowest BCUT2D eigenvalue weighted by atomic mass is 10.1. The highest BCUT2D eigenvalue weighted by atomic mass is 16.4. The van der Waals surface area contributed by atoms with Gasteiger partial charge in [-0.15, -0.1) is 0 Å². The predicted molar refractivity (Wildman–Crippen MR) is 62.1 cm³/mol. The molecule has 1 N–H and O–H groups in total. The van der Waals surface area contributed by atoms with E-state index in [4.69, 9.17) is 5.11 Å². The second kappa shape index (κ2) is 5.61. The van der Waals surface area contributed by atoms with Crippen LogP contribution in [-0.4, -0.2) is 34.6 Å². The molecule has 1 aromatic rings. The fourth-order valence-electron chi connectivity index (χ4n) is 1.63. The second-order valence-corrected chi connectivity index (χ2v) is 4.31. The fraction of sp³-hybridized carbons (Fsp3) is 0.500. The Morgan fingerprint density at radius 1 is 1.56 bits per heavy atom. The summed E-state index contributed by atoms with van der Waals surface area (Å²) >= 11 is 0. The highest BCUT2D eigenvalue weighted by molar-refractivity contribution is 5.69. The Kier molecular flexibility index (Phi) is 4.43. The summed E-state index contributed by atoms with van der Waals surface area (Å²) in [4.78, 5) is 16.8. The van der Waals surface area contributed by atoms with E-state index in [1.807, 2.05) is 31.3 Å². The van der Waals surface area contributed by atoms with Crippen LogP contribution in [0.2, 0.25) is 0 Å². The maximum absolute atomic E-state index is 10.7. The third-order valence-corrected chi connectivity index (χ3v) is 2.39. The summed E-state index contributed by atoms with van der Waals surface area (Å²) in [5.74, 6) is -1.10. The molecule has 0 radical (unpaired) electrons. The molecule has 0 amide bonds. The van der Waals surface area contributed by atoms with E-state index < -0.39 is 5.97 Å². The highest BCUT2D eigenvalue weighted by Gasteiger charge is 2.13. The highest BCUT2D eigenvalue weighted by Crippen LogP contribution is 2.06. The van der Waals surface area contributed by atoms with Gasteiger partial charge in [0.1, 0.15) is 0 Å². The number of aliphatic carboxylic acids is 1. The summed E-state index contributed by atoms with van der Waals surface area (Å²) in [7, 11) is 1.92. The minimum Gasteiger partial charge on any atom is -0.481 e. The molecule has 0 aliphatic heterocycles. The Labute approximate surface area is 95.9 Å². The van der Waals surface area contributed by atoms with Gasteiger partial charge in [-0.2, -0.15) is 0 Å². The average Bonchev–Trinajstić information content (AvgIpc) is 2.16. The molecule has 0 spiro atoms. The summed E-state index contributed by atoms with van der Waals surface area (Å²) in [6, 6.07) is 2.06. The van der Waals surface area contributed by atoms with Crippen molar-refractivity contribution in [1.82, 2.24) is 9.88 Å². The summed E-state index contributed by atoms with van der Waals surface area (Å²) in [5.41, 5.74) is 2.23. The first-order valence-corrected chi connectivity index (χ1v) is 5.31. The smallest absolute Gasteiger partial charge is 0.307 e. The van der Waals surface area contributed by atoms with E-state index in [1.54, 1.807) is 6.92 Å². The molecule has 4 nitrogen and oxygen atoms in total. The summed E-state index contributed by atoms with van der Waals surface area (Å²) in [5, 5.41) is 8.80. The Morgan fingerprint density at radius 2 is 2.25 bits per heavy atom. The van der Waals surface area contributed by atoms with Crippen LogP contribution in [0.25, 0.3) is 0 Å². The zero-order valence-corrected chi connectivity index (χ0v) is 9.97. The topological polar surface area (TPSA) is 53.4 Å². The van der Waals surface area contributed by atoms with Crippen molar-refractivity contribution in [2.45, 2.75) is 20.4 Å². The van der Waals surface area contributed by atoms with Gasteiger partial charge < -0.3 is 10.0 Å². The van der Waals surface area contributed by atoms with Crippen molar-refractivity contribution in [2.24, 2.45) is 5.92 Å². The lowest BCUT2D eigenvalue weighted by Gasteiger charge is -2.18. The van der Waals surface area contributed by atoms with Gasteiger partial charge in [-0.1, -0.05) is 13.0 Å². The molecule has 1 unspecified atom stereocenters. The molecular formula is C12H18N2O2. The number of pyridine rings is 1. The van der Waals surface area contributed by atoms with Gasteiger partial charge >= 0.3 is 5.97 Å². The Balaban J connectivity index is 2.51. The monoisotopic (exact) mass is 222 g/mol. The molecule has 0 saturated carbocycles. The van der Waals surface area contributed by atoms with E-state index in [1.165, 1.54) is 0 Å². The average molecular weight is 222 g/mol. The minimum absolute atomic E-state index is 0.345. The fourth-order valence-corrected chi connectivity index (χ4v) is 1.63. The lowest BCUT2D eigenvalue weighted by Crippen LogP contribution is -2.28. The van der Waals surface area contributed by atoms with Crippen molar-refractivity contribution >= 4 is 5.97 Å². The van der Waals surface area contributed by atoms with Crippen molar-refractivity contribution in [2.75, 3.05) is 13.6 Å². The molecule has 1 rings (SSSR count). The van der Waals surface area contributed by atoms with Crippen molar-refractivity contribution in [1.29, 1.82) is 0 Å². The largest absolute Gasteiger partial charge is 0.481 e. The molecule has 0 aliphatic rings. The zero-order valence-electron chi connectivity index (χ0n) is 9.97. The van der Waals surface area contributed by atoms with Crippen LogP contribution in [0, 0.1) is 12.8 Å². The number of carboxylic acids is 1. The third-order valence-electron chi connectivity index (χ3n) is 2.39. The van der Waals surface area contributed by atoms with Crippen molar-refractivity contribution in [3.8, 4) is 0 Å². The number of aryl methyl sites for hydroxylation is 1. The molecule has 1 heterocycles.